The van der Waals surface area contributed by atoms with Crippen molar-refractivity contribution in [3.63, 3.8) is 0 Å². The van der Waals surface area contributed by atoms with Crippen LogP contribution < -0.4 is 0 Å². The fourth-order valence-corrected chi connectivity index (χ4v) is 1.66. The van der Waals surface area contributed by atoms with Gasteiger partial charge in [0.2, 0.25) is 5.91 Å². The van der Waals surface area contributed by atoms with Crippen LogP contribution in [-0.4, -0.2) is 30.1 Å². The highest BCUT2D eigenvalue weighted by atomic mass is 19.1. The Balaban J connectivity index is 1.97. The summed E-state index contributed by atoms with van der Waals surface area (Å²) < 4.78 is 18.4. The Labute approximate surface area is 98.0 Å². The van der Waals surface area contributed by atoms with E-state index in [1.54, 1.807) is 30.3 Å². The van der Waals surface area contributed by atoms with Gasteiger partial charge >= 0.3 is 6.09 Å². The second-order valence-corrected chi connectivity index (χ2v) is 3.74. The van der Waals surface area contributed by atoms with E-state index in [4.69, 9.17) is 0 Å². The fourth-order valence-electron chi connectivity index (χ4n) is 1.66. The number of ether oxygens (including phenoxy) is 1. The zero-order chi connectivity index (χ0) is 12.3. The van der Waals surface area contributed by atoms with E-state index in [1.165, 1.54) is 0 Å². The lowest BCUT2D eigenvalue weighted by molar-refractivity contribution is -0.129. The molecule has 0 spiro atoms. The molecule has 0 bridgehead atoms. The molecular formula is C12H12FNO3. The molecule has 0 aromatic heterocycles. The van der Waals surface area contributed by atoms with Crippen LogP contribution in [0.1, 0.15) is 18.2 Å². The number of alkyl halides is 1. The van der Waals surface area contributed by atoms with Crippen LogP contribution in [0.15, 0.2) is 30.3 Å². The summed E-state index contributed by atoms with van der Waals surface area (Å²) in [6.07, 6.45) is -2.41. The van der Waals surface area contributed by atoms with Crippen molar-refractivity contribution in [2.75, 3.05) is 13.2 Å². The average Bonchev–Trinajstić information content (AvgIpc) is 2.76. The number of carbonyl (C=O) groups is 2. The van der Waals surface area contributed by atoms with Gasteiger partial charge in [0.25, 0.3) is 0 Å². The summed E-state index contributed by atoms with van der Waals surface area (Å²) in [6, 6.07) is 8.41. The monoisotopic (exact) mass is 237 g/mol. The van der Waals surface area contributed by atoms with Gasteiger partial charge in [-0.3, -0.25) is 4.79 Å². The number of halogens is 1. The molecular weight excluding hydrogens is 225 g/mol. The topological polar surface area (TPSA) is 46.6 Å². The number of carbonyl (C=O) groups excluding carboxylic acids is 2. The number of hydrogen-bond donors (Lipinski definition) is 0. The van der Waals surface area contributed by atoms with Crippen LogP contribution in [0.5, 0.6) is 0 Å². The van der Waals surface area contributed by atoms with Gasteiger partial charge in [-0.2, -0.15) is 0 Å². The molecule has 1 fully saturated rings. The third-order valence-electron chi connectivity index (χ3n) is 2.58. The molecule has 90 valence electrons. The maximum absolute atomic E-state index is 13.8. The number of imide groups is 1. The van der Waals surface area contributed by atoms with Crippen molar-refractivity contribution in [1.82, 2.24) is 4.90 Å². The predicted molar refractivity (Wildman–Crippen MR) is 58.0 cm³/mol. The van der Waals surface area contributed by atoms with Crippen molar-refractivity contribution in [3.05, 3.63) is 35.9 Å². The van der Waals surface area contributed by atoms with Gasteiger partial charge in [0.05, 0.1) is 13.0 Å². The molecule has 1 unspecified atom stereocenters. The quantitative estimate of drug-likeness (QED) is 0.808. The van der Waals surface area contributed by atoms with Gasteiger partial charge in [0.1, 0.15) is 12.8 Å². The van der Waals surface area contributed by atoms with Crippen LogP contribution in [0.3, 0.4) is 0 Å². The minimum atomic E-state index is -1.39. The molecule has 1 aromatic carbocycles. The van der Waals surface area contributed by atoms with Gasteiger partial charge in [0, 0.05) is 0 Å². The maximum atomic E-state index is 13.8. The lowest BCUT2D eigenvalue weighted by Gasteiger charge is -2.13. The normalized spacial score (nSPS) is 16.8. The van der Waals surface area contributed by atoms with Crippen LogP contribution in [0.4, 0.5) is 9.18 Å². The molecule has 0 saturated carbocycles. The van der Waals surface area contributed by atoms with E-state index < -0.39 is 18.2 Å². The molecule has 0 N–H and O–H groups in total. The number of benzene rings is 1. The minimum Gasteiger partial charge on any atom is -0.447 e. The van der Waals surface area contributed by atoms with Crippen LogP contribution in [0, 0.1) is 0 Å². The van der Waals surface area contributed by atoms with Crippen molar-refractivity contribution in [1.29, 1.82) is 0 Å². The van der Waals surface area contributed by atoms with E-state index in [-0.39, 0.29) is 19.6 Å². The van der Waals surface area contributed by atoms with E-state index in [1.807, 2.05) is 0 Å². The van der Waals surface area contributed by atoms with E-state index in [0.717, 1.165) is 4.90 Å². The van der Waals surface area contributed by atoms with Gasteiger partial charge in [-0.1, -0.05) is 30.3 Å². The highest BCUT2D eigenvalue weighted by molar-refractivity contribution is 5.93. The first kappa shape index (κ1) is 11.6. The first-order chi connectivity index (χ1) is 8.18. The molecule has 1 aromatic rings. The average molecular weight is 237 g/mol. The molecule has 4 nitrogen and oxygen atoms in total. The number of amides is 2. The van der Waals surface area contributed by atoms with E-state index in [2.05, 4.69) is 4.74 Å². The summed E-state index contributed by atoms with van der Waals surface area (Å²) in [7, 11) is 0. The number of hydrogen-bond acceptors (Lipinski definition) is 3. The number of rotatable bonds is 3. The third-order valence-corrected chi connectivity index (χ3v) is 2.58. The second-order valence-electron chi connectivity index (χ2n) is 3.74. The fraction of sp³-hybridized carbons (Fsp3) is 0.333. The Morgan fingerprint density at radius 2 is 2.12 bits per heavy atom. The summed E-state index contributed by atoms with van der Waals surface area (Å²) in [5, 5.41) is 0. The van der Waals surface area contributed by atoms with Gasteiger partial charge < -0.3 is 4.74 Å². The number of nitrogens with zero attached hydrogens (tertiary/aromatic N) is 1. The smallest absolute Gasteiger partial charge is 0.416 e. The molecule has 1 saturated heterocycles. The lowest BCUT2D eigenvalue weighted by Crippen LogP contribution is -2.32. The molecule has 1 aliphatic rings. The second kappa shape index (κ2) is 4.95. The van der Waals surface area contributed by atoms with Crippen molar-refractivity contribution >= 4 is 12.0 Å². The zero-order valence-electron chi connectivity index (χ0n) is 9.14. The summed E-state index contributed by atoms with van der Waals surface area (Å²) >= 11 is 0. The van der Waals surface area contributed by atoms with Gasteiger partial charge in [0.15, 0.2) is 0 Å². The van der Waals surface area contributed by atoms with Gasteiger partial charge in [-0.15, -0.1) is 0 Å². The molecule has 17 heavy (non-hydrogen) atoms. The Bertz CT molecular complexity index is 421. The largest absolute Gasteiger partial charge is 0.447 e. The summed E-state index contributed by atoms with van der Waals surface area (Å²) in [5.41, 5.74) is 0.438. The van der Waals surface area contributed by atoms with E-state index in [9.17, 15) is 14.0 Å². The molecule has 1 atom stereocenters. The first-order valence-corrected chi connectivity index (χ1v) is 5.34. The zero-order valence-corrected chi connectivity index (χ0v) is 9.14. The lowest BCUT2D eigenvalue weighted by atomic mass is 10.1. The van der Waals surface area contributed by atoms with Crippen LogP contribution in [-0.2, 0) is 9.53 Å². The number of cyclic esters (lactones) is 1. The standard InChI is InChI=1S/C12H12FNO3/c13-10(9-4-2-1-3-5-9)8-11(15)14-6-7-17-12(14)16/h1-5,10H,6-8H2. The Hall–Kier alpha value is -1.91. The van der Waals surface area contributed by atoms with Crippen LogP contribution in [0.2, 0.25) is 0 Å². The first-order valence-electron chi connectivity index (χ1n) is 5.34. The van der Waals surface area contributed by atoms with Crippen molar-refractivity contribution < 1.29 is 18.7 Å². The Morgan fingerprint density at radius 3 is 2.71 bits per heavy atom. The molecule has 2 rings (SSSR count). The molecule has 1 aliphatic heterocycles. The Kier molecular flexibility index (Phi) is 3.37. The molecule has 2 amide bonds. The highest BCUT2D eigenvalue weighted by Crippen LogP contribution is 2.22. The third kappa shape index (κ3) is 2.61. The van der Waals surface area contributed by atoms with E-state index in [0.29, 0.717) is 5.56 Å². The minimum absolute atomic E-state index is 0.187. The van der Waals surface area contributed by atoms with Crippen LogP contribution in [0.25, 0.3) is 0 Å². The summed E-state index contributed by atoms with van der Waals surface area (Å²) in [4.78, 5) is 23.7. The van der Waals surface area contributed by atoms with Crippen molar-refractivity contribution in [2.45, 2.75) is 12.6 Å². The van der Waals surface area contributed by atoms with E-state index >= 15 is 0 Å². The summed E-state index contributed by atoms with van der Waals surface area (Å²) in [5.74, 6) is -0.538. The Morgan fingerprint density at radius 1 is 1.41 bits per heavy atom. The van der Waals surface area contributed by atoms with Crippen molar-refractivity contribution in [3.8, 4) is 0 Å². The van der Waals surface area contributed by atoms with Crippen molar-refractivity contribution in [2.24, 2.45) is 0 Å². The molecule has 0 aliphatic carbocycles. The maximum Gasteiger partial charge on any atom is 0.416 e. The predicted octanol–water partition coefficient (Wildman–Crippen LogP) is 2.07. The van der Waals surface area contributed by atoms with Gasteiger partial charge in [-0.05, 0) is 5.56 Å². The summed E-state index contributed by atoms with van der Waals surface area (Å²) in [6.45, 7) is 0.395. The van der Waals surface area contributed by atoms with Gasteiger partial charge in [-0.25, -0.2) is 14.1 Å². The highest BCUT2D eigenvalue weighted by Gasteiger charge is 2.30. The molecule has 1 heterocycles. The van der Waals surface area contributed by atoms with Crippen LogP contribution >= 0.6 is 0 Å². The molecule has 0 radical (unpaired) electrons. The molecule has 5 heteroatoms. The SMILES string of the molecule is O=C(CC(F)c1ccccc1)N1CCOC1=O.